The lowest BCUT2D eigenvalue weighted by Gasteiger charge is -2.06. The van der Waals surface area contributed by atoms with E-state index in [-0.39, 0.29) is 10.8 Å². The van der Waals surface area contributed by atoms with Crippen molar-refractivity contribution in [2.24, 2.45) is 0 Å². The Balaban J connectivity index is 1.86. The smallest absolute Gasteiger partial charge is 0.264 e. The summed E-state index contributed by atoms with van der Waals surface area (Å²) >= 11 is 0. The quantitative estimate of drug-likeness (QED) is 0.800. The van der Waals surface area contributed by atoms with Crippen LogP contribution in [0.1, 0.15) is 5.69 Å². The Morgan fingerprint density at radius 2 is 1.59 bits per heavy atom. The molecule has 0 aliphatic heterocycles. The van der Waals surface area contributed by atoms with Crippen LogP contribution in [0.2, 0.25) is 0 Å². The van der Waals surface area contributed by atoms with Gasteiger partial charge in [-0.15, -0.1) is 0 Å². The minimum Gasteiger partial charge on any atom is -0.338 e. The Kier molecular flexibility index (Phi) is 3.68. The second-order valence-electron chi connectivity index (χ2n) is 4.83. The fraction of sp³-hybridized carbons (Fsp3) is 0.0625. The number of aryl methyl sites for hydroxylation is 1. The zero-order chi connectivity index (χ0) is 15.6. The van der Waals surface area contributed by atoms with Crippen molar-refractivity contribution >= 4 is 15.9 Å². The molecule has 0 atom stereocenters. The normalized spacial score (nSPS) is 11.3. The number of nitrogens with zero attached hydrogens (tertiary/aromatic N) is 1. The number of sulfonamides is 1. The molecule has 0 amide bonds. The van der Waals surface area contributed by atoms with Crippen LogP contribution in [0.3, 0.4) is 0 Å². The molecule has 0 radical (unpaired) electrons. The van der Waals surface area contributed by atoms with Gasteiger partial charge in [0.1, 0.15) is 0 Å². The highest BCUT2D eigenvalue weighted by Crippen LogP contribution is 2.22. The molecule has 3 aromatic rings. The molecule has 2 aromatic carbocycles. The predicted octanol–water partition coefficient (Wildman–Crippen LogP) is 3.45. The third kappa shape index (κ3) is 3.01. The molecule has 1 aromatic heterocycles. The molecule has 0 aliphatic rings. The monoisotopic (exact) mass is 314 g/mol. The van der Waals surface area contributed by atoms with Gasteiger partial charge in [-0.2, -0.15) is 0 Å². The Morgan fingerprint density at radius 1 is 0.955 bits per heavy atom. The molecular weight excluding hydrogens is 300 g/mol. The van der Waals surface area contributed by atoms with Crippen molar-refractivity contribution in [1.82, 2.24) is 5.16 Å². The molecule has 5 nitrogen and oxygen atoms in total. The first-order valence-electron chi connectivity index (χ1n) is 6.66. The number of nitrogens with one attached hydrogen (secondary N) is 1. The van der Waals surface area contributed by atoms with Crippen LogP contribution in [0.15, 0.2) is 70.1 Å². The van der Waals surface area contributed by atoms with E-state index >= 15 is 0 Å². The van der Waals surface area contributed by atoms with Crippen molar-refractivity contribution in [3.8, 4) is 11.1 Å². The van der Waals surface area contributed by atoms with Gasteiger partial charge in [0.25, 0.3) is 10.0 Å². The van der Waals surface area contributed by atoms with Gasteiger partial charge in [-0.3, -0.25) is 0 Å². The first kappa shape index (κ1) is 14.3. The maximum absolute atomic E-state index is 12.3. The van der Waals surface area contributed by atoms with Crippen molar-refractivity contribution in [2.75, 3.05) is 4.72 Å². The minimum atomic E-state index is -3.68. The minimum absolute atomic E-state index is 0.102. The number of anilines is 1. The summed E-state index contributed by atoms with van der Waals surface area (Å²) in [6.07, 6.45) is 0. The van der Waals surface area contributed by atoms with E-state index in [1.807, 2.05) is 30.3 Å². The van der Waals surface area contributed by atoms with E-state index in [0.717, 1.165) is 11.1 Å². The molecule has 0 aliphatic carbocycles. The molecule has 0 fully saturated rings. The van der Waals surface area contributed by atoms with Gasteiger partial charge < -0.3 is 4.52 Å². The van der Waals surface area contributed by atoms with E-state index in [1.54, 1.807) is 31.2 Å². The third-order valence-corrected chi connectivity index (χ3v) is 4.50. The molecule has 0 saturated heterocycles. The largest absolute Gasteiger partial charge is 0.338 e. The summed E-state index contributed by atoms with van der Waals surface area (Å²) in [7, 11) is -3.68. The average Bonchev–Trinajstić information content (AvgIpc) is 2.93. The lowest BCUT2D eigenvalue weighted by Crippen LogP contribution is -2.12. The maximum Gasteiger partial charge on any atom is 0.264 e. The summed E-state index contributed by atoms with van der Waals surface area (Å²) in [6, 6.07) is 18.0. The second kappa shape index (κ2) is 5.65. The molecule has 1 N–H and O–H groups in total. The summed E-state index contributed by atoms with van der Waals surface area (Å²) in [5, 5.41) is 3.65. The van der Waals surface area contributed by atoms with Crippen LogP contribution in [0.5, 0.6) is 0 Å². The Hall–Kier alpha value is -2.60. The zero-order valence-electron chi connectivity index (χ0n) is 11.9. The molecule has 0 spiro atoms. The predicted molar refractivity (Wildman–Crippen MR) is 83.9 cm³/mol. The maximum atomic E-state index is 12.3. The standard InChI is InChI=1S/C16H14N2O3S/c1-12-11-16(21-17-12)18-22(19,20)15-9-7-14(8-10-15)13-5-3-2-4-6-13/h2-11,18H,1H3. The van der Waals surface area contributed by atoms with E-state index < -0.39 is 10.0 Å². The summed E-state index contributed by atoms with van der Waals surface area (Å²) in [6.45, 7) is 1.72. The molecule has 0 bridgehead atoms. The summed E-state index contributed by atoms with van der Waals surface area (Å²) in [4.78, 5) is 0.168. The van der Waals surface area contributed by atoms with Crippen LogP contribution in [-0.2, 0) is 10.0 Å². The molecule has 22 heavy (non-hydrogen) atoms. The number of hydrogen-bond donors (Lipinski definition) is 1. The summed E-state index contributed by atoms with van der Waals surface area (Å²) in [5.74, 6) is 0.102. The van der Waals surface area contributed by atoms with Gasteiger partial charge in [0.15, 0.2) is 0 Å². The second-order valence-corrected chi connectivity index (χ2v) is 6.51. The van der Waals surface area contributed by atoms with Gasteiger partial charge in [-0.05, 0) is 30.2 Å². The Morgan fingerprint density at radius 3 is 2.18 bits per heavy atom. The molecule has 6 heteroatoms. The van der Waals surface area contributed by atoms with Gasteiger partial charge in [-0.25, -0.2) is 13.1 Å². The number of benzene rings is 2. The van der Waals surface area contributed by atoms with Crippen LogP contribution >= 0.6 is 0 Å². The van der Waals surface area contributed by atoms with Crippen molar-refractivity contribution in [1.29, 1.82) is 0 Å². The molecule has 1 heterocycles. The fourth-order valence-corrected chi connectivity index (χ4v) is 3.03. The highest BCUT2D eigenvalue weighted by atomic mass is 32.2. The van der Waals surface area contributed by atoms with E-state index in [1.165, 1.54) is 6.07 Å². The van der Waals surface area contributed by atoms with Crippen LogP contribution < -0.4 is 4.72 Å². The van der Waals surface area contributed by atoms with E-state index in [0.29, 0.717) is 5.69 Å². The number of rotatable bonds is 4. The van der Waals surface area contributed by atoms with E-state index in [2.05, 4.69) is 9.88 Å². The van der Waals surface area contributed by atoms with Gasteiger partial charge in [-0.1, -0.05) is 47.6 Å². The number of hydrogen-bond acceptors (Lipinski definition) is 4. The highest BCUT2D eigenvalue weighted by molar-refractivity contribution is 7.92. The average molecular weight is 314 g/mol. The summed E-state index contributed by atoms with van der Waals surface area (Å²) in [5.41, 5.74) is 2.59. The molecule has 112 valence electrons. The van der Waals surface area contributed by atoms with Crippen LogP contribution in [-0.4, -0.2) is 13.6 Å². The molecule has 3 rings (SSSR count). The van der Waals surface area contributed by atoms with Gasteiger partial charge in [0, 0.05) is 6.07 Å². The first-order valence-corrected chi connectivity index (χ1v) is 8.14. The first-order chi connectivity index (χ1) is 10.5. The van der Waals surface area contributed by atoms with Crippen LogP contribution in [0.25, 0.3) is 11.1 Å². The lowest BCUT2D eigenvalue weighted by atomic mass is 10.1. The van der Waals surface area contributed by atoms with Crippen molar-refractivity contribution in [3.05, 3.63) is 66.4 Å². The van der Waals surface area contributed by atoms with Gasteiger partial charge in [0.05, 0.1) is 10.6 Å². The van der Waals surface area contributed by atoms with Crippen molar-refractivity contribution in [2.45, 2.75) is 11.8 Å². The van der Waals surface area contributed by atoms with Crippen LogP contribution in [0, 0.1) is 6.92 Å². The molecule has 0 unspecified atom stereocenters. The Bertz CT molecular complexity index is 869. The van der Waals surface area contributed by atoms with Crippen LogP contribution in [0.4, 0.5) is 5.88 Å². The molecular formula is C16H14N2O3S. The Labute approximate surface area is 128 Å². The number of aromatic nitrogens is 1. The lowest BCUT2D eigenvalue weighted by molar-refractivity contribution is 0.430. The molecule has 0 saturated carbocycles. The summed E-state index contributed by atoms with van der Waals surface area (Å²) < 4.78 is 31.8. The van der Waals surface area contributed by atoms with Crippen molar-refractivity contribution in [3.63, 3.8) is 0 Å². The highest BCUT2D eigenvalue weighted by Gasteiger charge is 2.16. The topological polar surface area (TPSA) is 72.2 Å². The third-order valence-electron chi connectivity index (χ3n) is 3.13. The van der Waals surface area contributed by atoms with Gasteiger partial charge in [0.2, 0.25) is 5.88 Å². The van der Waals surface area contributed by atoms with E-state index in [4.69, 9.17) is 4.52 Å². The fourth-order valence-electron chi connectivity index (χ4n) is 2.06. The van der Waals surface area contributed by atoms with Crippen molar-refractivity contribution < 1.29 is 12.9 Å². The SMILES string of the molecule is Cc1cc(NS(=O)(=O)c2ccc(-c3ccccc3)cc2)on1. The van der Waals surface area contributed by atoms with Gasteiger partial charge >= 0.3 is 0 Å². The van der Waals surface area contributed by atoms with E-state index in [9.17, 15) is 8.42 Å². The zero-order valence-corrected chi connectivity index (χ0v) is 12.7.